The van der Waals surface area contributed by atoms with E-state index in [1.165, 1.54) is 12.3 Å². The first kappa shape index (κ1) is 9.71. The van der Waals surface area contributed by atoms with Gasteiger partial charge in [0.2, 0.25) is 0 Å². The number of nitrogens with two attached hydrogens (primary N) is 1. The fraction of sp³-hybridized carbons (Fsp3) is 0. The second-order valence-corrected chi connectivity index (χ2v) is 3.54. The Balaban J connectivity index is 2.28. The maximum atomic E-state index is 13.6. The molecule has 3 N–H and O–H groups in total. The van der Waals surface area contributed by atoms with Gasteiger partial charge < -0.3 is 5.73 Å². The maximum Gasteiger partial charge on any atom is 0.166 e. The number of anilines is 1. The predicted octanol–water partition coefficient (Wildman–Crippen LogP) is 1.74. The van der Waals surface area contributed by atoms with Crippen LogP contribution in [-0.4, -0.2) is 20.2 Å². The summed E-state index contributed by atoms with van der Waals surface area (Å²) in [6.45, 7) is 0. The number of hydrogen-bond donors (Lipinski definition) is 2. The molecule has 0 spiro atoms. The molecule has 2 heterocycles. The average molecular weight is 229 g/mol. The molecule has 0 fully saturated rings. The lowest BCUT2D eigenvalue weighted by Crippen LogP contribution is -1.98. The topological polar surface area (TPSA) is 80.5 Å². The summed E-state index contributed by atoms with van der Waals surface area (Å²) in [4.78, 5) is 8.25. The molecular formula is C11H8FN5. The number of rotatable bonds is 1. The Bertz CT molecular complexity index is 691. The summed E-state index contributed by atoms with van der Waals surface area (Å²) in [5, 5.41) is 7.13. The second-order valence-electron chi connectivity index (χ2n) is 3.54. The first-order valence-electron chi connectivity index (χ1n) is 4.97. The minimum absolute atomic E-state index is 0.248. The third-order valence-electron chi connectivity index (χ3n) is 2.45. The van der Waals surface area contributed by atoms with Crippen molar-refractivity contribution >= 4 is 16.9 Å². The zero-order valence-electron chi connectivity index (χ0n) is 8.68. The smallest absolute Gasteiger partial charge is 0.166 e. The standard InChI is InChI=1S/C11H8FN5/c12-8-4-2-1-3-6(8)10-15-9(13)7-5-14-17-11(7)16-10/h1-5H,(H3,13,14,15,16,17). The van der Waals surface area contributed by atoms with Gasteiger partial charge in [0.05, 0.1) is 17.1 Å². The fourth-order valence-corrected chi connectivity index (χ4v) is 1.62. The van der Waals surface area contributed by atoms with Crippen LogP contribution in [0.1, 0.15) is 0 Å². The van der Waals surface area contributed by atoms with E-state index in [1.54, 1.807) is 18.2 Å². The lowest BCUT2D eigenvalue weighted by Gasteiger charge is -2.03. The number of benzene rings is 1. The molecule has 3 rings (SSSR count). The van der Waals surface area contributed by atoms with Crippen molar-refractivity contribution in [2.45, 2.75) is 0 Å². The first-order chi connectivity index (χ1) is 8.25. The zero-order valence-corrected chi connectivity index (χ0v) is 8.68. The number of halogens is 1. The van der Waals surface area contributed by atoms with Gasteiger partial charge in [-0.2, -0.15) is 5.10 Å². The highest BCUT2D eigenvalue weighted by atomic mass is 19.1. The van der Waals surface area contributed by atoms with Crippen molar-refractivity contribution in [3.8, 4) is 11.4 Å². The van der Waals surface area contributed by atoms with Gasteiger partial charge in [-0.3, -0.25) is 5.10 Å². The van der Waals surface area contributed by atoms with Gasteiger partial charge in [-0.25, -0.2) is 14.4 Å². The minimum atomic E-state index is -0.384. The van der Waals surface area contributed by atoms with Crippen molar-refractivity contribution in [1.82, 2.24) is 20.2 Å². The summed E-state index contributed by atoms with van der Waals surface area (Å²) in [6.07, 6.45) is 1.54. The lowest BCUT2D eigenvalue weighted by molar-refractivity contribution is 0.630. The Morgan fingerprint density at radius 3 is 2.82 bits per heavy atom. The van der Waals surface area contributed by atoms with E-state index in [9.17, 15) is 4.39 Å². The molecule has 17 heavy (non-hydrogen) atoms. The van der Waals surface area contributed by atoms with Crippen LogP contribution in [0.5, 0.6) is 0 Å². The summed E-state index contributed by atoms with van der Waals surface area (Å²) >= 11 is 0. The molecule has 0 radical (unpaired) electrons. The number of aromatic amines is 1. The SMILES string of the molecule is Nc1nc(-c2ccccc2F)nc2[nH]ncc12. The Morgan fingerprint density at radius 1 is 1.18 bits per heavy atom. The molecule has 6 heteroatoms. The molecule has 0 bridgehead atoms. The van der Waals surface area contributed by atoms with Gasteiger partial charge in [-0.15, -0.1) is 0 Å². The van der Waals surface area contributed by atoms with Crippen molar-refractivity contribution in [2.24, 2.45) is 0 Å². The molecule has 0 atom stereocenters. The highest BCUT2D eigenvalue weighted by Crippen LogP contribution is 2.23. The number of nitrogens with one attached hydrogen (secondary N) is 1. The van der Waals surface area contributed by atoms with Crippen molar-refractivity contribution in [3.05, 3.63) is 36.3 Å². The normalized spacial score (nSPS) is 10.9. The molecule has 3 aromatic rings. The van der Waals surface area contributed by atoms with Gasteiger partial charge in [0.1, 0.15) is 11.6 Å². The highest BCUT2D eigenvalue weighted by Gasteiger charge is 2.11. The minimum Gasteiger partial charge on any atom is -0.383 e. The Hall–Kier alpha value is -2.50. The Morgan fingerprint density at radius 2 is 2.00 bits per heavy atom. The number of hydrogen-bond acceptors (Lipinski definition) is 4. The number of fused-ring (bicyclic) bond motifs is 1. The molecule has 0 aliphatic rings. The van der Waals surface area contributed by atoms with Crippen LogP contribution in [0.25, 0.3) is 22.4 Å². The third-order valence-corrected chi connectivity index (χ3v) is 2.45. The van der Waals surface area contributed by atoms with E-state index in [1.807, 2.05) is 0 Å². The molecule has 1 aromatic carbocycles. The molecular weight excluding hydrogens is 221 g/mol. The van der Waals surface area contributed by atoms with Crippen LogP contribution in [0.2, 0.25) is 0 Å². The quantitative estimate of drug-likeness (QED) is 0.666. The van der Waals surface area contributed by atoms with E-state index in [2.05, 4.69) is 20.2 Å². The molecule has 0 unspecified atom stereocenters. The largest absolute Gasteiger partial charge is 0.383 e. The van der Waals surface area contributed by atoms with Gasteiger partial charge in [0.15, 0.2) is 11.5 Å². The van der Waals surface area contributed by atoms with E-state index < -0.39 is 0 Å². The molecule has 0 saturated carbocycles. The van der Waals surface area contributed by atoms with Gasteiger partial charge >= 0.3 is 0 Å². The van der Waals surface area contributed by atoms with Gasteiger partial charge in [-0.05, 0) is 12.1 Å². The predicted molar refractivity (Wildman–Crippen MR) is 61.5 cm³/mol. The molecule has 84 valence electrons. The average Bonchev–Trinajstić information content (AvgIpc) is 2.78. The van der Waals surface area contributed by atoms with Crippen LogP contribution in [0.15, 0.2) is 30.5 Å². The van der Waals surface area contributed by atoms with Gasteiger partial charge in [0, 0.05) is 0 Å². The molecule has 0 saturated heterocycles. The lowest BCUT2D eigenvalue weighted by atomic mass is 10.2. The van der Waals surface area contributed by atoms with Crippen LogP contribution in [0, 0.1) is 5.82 Å². The Kier molecular flexibility index (Phi) is 2.01. The molecule has 0 aliphatic heterocycles. The molecule has 0 amide bonds. The van der Waals surface area contributed by atoms with Crippen LogP contribution >= 0.6 is 0 Å². The zero-order chi connectivity index (χ0) is 11.8. The van der Waals surface area contributed by atoms with Crippen LogP contribution in [0.3, 0.4) is 0 Å². The monoisotopic (exact) mass is 229 g/mol. The summed E-state index contributed by atoms with van der Waals surface area (Å²) in [5.74, 6) is 0.144. The third kappa shape index (κ3) is 1.50. The van der Waals surface area contributed by atoms with Crippen molar-refractivity contribution in [3.63, 3.8) is 0 Å². The summed E-state index contributed by atoms with van der Waals surface area (Å²) in [6, 6.07) is 6.28. The van der Waals surface area contributed by atoms with Crippen LogP contribution in [-0.2, 0) is 0 Å². The summed E-state index contributed by atoms with van der Waals surface area (Å²) in [5.41, 5.74) is 6.57. The number of H-pyrrole nitrogens is 1. The number of nitrogen functional groups attached to an aromatic ring is 1. The number of aromatic nitrogens is 4. The fourth-order valence-electron chi connectivity index (χ4n) is 1.62. The van der Waals surface area contributed by atoms with E-state index in [0.29, 0.717) is 16.6 Å². The molecule has 5 nitrogen and oxygen atoms in total. The van der Waals surface area contributed by atoms with Gasteiger partial charge in [-0.1, -0.05) is 12.1 Å². The second kappa shape index (κ2) is 3.51. The maximum absolute atomic E-state index is 13.6. The van der Waals surface area contributed by atoms with E-state index in [-0.39, 0.29) is 17.5 Å². The Labute approximate surface area is 95.5 Å². The van der Waals surface area contributed by atoms with Crippen molar-refractivity contribution in [1.29, 1.82) is 0 Å². The van der Waals surface area contributed by atoms with E-state index in [0.717, 1.165) is 0 Å². The van der Waals surface area contributed by atoms with Crippen molar-refractivity contribution in [2.75, 3.05) is 5.73 Å². The summed E-state index contributed by atoms with van der Waals surface area (Å²) in [7, 11) is 0. The molecule has 2 aromatic heterocycles. The van der Waals surface area contributed by atoms with Gasteiger partial charge in [0.25, 0.3) is 0 Å². The summed E-state index contributed by atoms with van der Waals surface area (Å²) < 4.78 is 13.6. The number of nitrogens with zero attached hydrogens (tertiary/aromatic N) is 3. The van der Waals surface area contributed by atoms with Crippen LogP contribution < -0.4 is 5.73 Å². The van der Waals surface area contributed by atoms with E-state index in [4.69, 9.17) is 5.73 Å². The highest BCUT2D eigenvalue weighted by molar-refractivity contribution is 5.86. The molecule has 0 aliphatic carbocycles. The van der Waals surface area contributed by atoms with E-state index >= 15 is 0 Å². The first-order valence-corrected chi connectivity index (χ1v) is 4.97. The van der Waals surface area contributed by atoms with Crippen molar-refractivity contribution < 1.29 is 4.39 Å². The van der Waals surface area contributed by atoms with Crippen LogP contribution in [0.4, 0.5) is 10.2 Å².